The van der Waals surface area contributed by atoms with Crippen LogP contribution in [0.15, 0.2) is 18.2 Å². The zero-order valence-electron chi connectivity index (χ0n) is 10.0. The van der Waals surface area contributed by atoms with Gasteiger partial charge in [-0.25, -0.2) is 0 Å². The van der Waals surface area contributed by atoms with Gasteiger partial charge in [-0.1, -0.05) is 6.07 Å². The van der Waals surface area contributed by atoms with E-state index in [1.54, 1.807) is 6.07 Å². The number of esters is 1. The number of benzene rings is 1. The number of hydrogen-bond donors (Lipinski definition) is 0. The first-order valence-electron chi connectivity index (χ1n) is 5.44. The zero-order valence-corrected chi connectivity index (χ0v) is 10.0. The van der Waals surface area contributed by atoms with Crippen LogP contribution in [-0.4, -0.2) is 12.1 Å². The third-order valence-electron chi connectivity index (χ3n) is 2.71. The monoisotopic (exact) mass is 220 g/mol. The van der Waals surface area contributed by atoms with Gasteiger partial charge in [0.25, 0.3) is 0 Å². The van der Waals surface area contributed by atoms with Gasteiger partial charge in [0, 0.05) is 11.6 Å². The van der Waals surface area contributed by atoms with E-state index in [2.05, 4.69) is 0 Å². The summed E-state index contributed by atoms with van der Waals surface area (Å²) in [5.74, 6) is 1.15. The van der Waals surface area contributed by atoms with Gasteiger partial charge in [0.1, 0.15) is 11.5 Å². The molecule has 86 valence electrons. The van der Waals surface area contributed by atoms with Crippen LogP contribution in [0.5, 0.6) is 11.5 Å². The summed E-state index contributed by atoms with van der Waals surface area (Å²) in [5.41, 5.74) is 0.375. The first kappa shape index (κ1) is 11.0. The Labute approximate surface area is 95.4 Å². The molecule has 1 aromatic rings. The summed E-state index contributed by atoms with van der Waals surface area (Å²) >= 11 is 0. The maximum absolute atomic E-state index is 11.6. The van der Waals surface area contributed by atoms with Crippen LogP contribution in [0.2, 0.25) is 0 Å². The molecule has 0 aliphatic carbocycles. The van der Waals surface area contributed by atoms with Crippen LogP contribution < -0.4 is 9.47 Å². The van der Waals surface area contributed by atoms with E-state index in [1.807, 2.05) is 39.8 Å². The zero-order chi connectivity index (χ0) is 11.9. The van der Waals surface area contributed by atoms with Crippen LogP contribution in [-0.2, 0) is 10.2 Å². The second-order valence-electron chi connectivity index (χ2n) is 4.84. The van der Waals surface area contributed by atoms with Crippen molar-refractivity contribution in [3.05, 3.63) is 23.8 Å². The first-order valence-corrected chi connectivity index (χ1v) is 5.44. The Bertz CT molecular complexity index is 433. The van der Waals surface area contributed by atoms with Crippen molar-refractivity contribution in [1.82, 2.24) is 0 Å². The summed E-state index contributed by atoms with van der Waals surface area (Å²) in [4.78, 5) is 11.6. The van der Waals surface area contributed by atoms with E-state index in [0.29, 0.717) is 5.75 Å². The normalized spacial score (nSPS) is 17.2. The van der Waals surface area contributed by atoms with Gasteiger partial charge in [-0.05, 0) is 33.8 Å². The van der Waals surface area contributed by atoms with Gasteiger partial charge >= 0.3 is 5.97 Å². The van der Waals surface area contributed by atoms with Gasteiger partial charge < -0.3 is 9.47 Å². The molecule has 16 heavy (non-hydrogen) atoms. The Balaban J connectivity index is 2.37. The van der Waals surface area contributed by atoms with Crippen molar-refractivity contribution in [3.8, 4) is 11.5 Å². The van der Waals surface area contributed by atoms with Crippen molar-refractivity contribution in [2.75, 3.05) is 0 Å². The van der Waals surface area contributed by atoms with Gasteiger partial charge in [-0.3, -0.25) is 4.79 Å². The Morgan fingerprint density at radius 3 is 2.62 bits per heavy atom. The Morgan fingerprint density at radius 1 is 1.31 bits per heavy atom. The molecule has 0 radical (unpaired) electrons. The maximum Gasteiger partial charge on any atom is 0.321 e. The lowest BCUT2D eigenvalue weighted by Gasteiger charge is -2.13. The molecule has 1 aliphatic rings. The summed E-state index contributed by atoms with van der Waals surface area (Å²) in [7, 11) is 0. The molecule has 3 heteroatoms. The minimum atomic E-state index is -0.550. The molecule has 0 spiro atoms. The summed E-state index contributed by atoms with van der Waals surface area (Å²) < 4.78 is 10.8. The number of ether oxygens (including phenoxy) is 2. The molecule has 0 bridgehead atoms. The fourth-order valence-corrected chi connectivity index (χ4v) is 1.79. The molecule has 1 aromatic carbocycles. The van der Waals surface area contributed by atoms with Crippen LogP contribution in [0.1, 0.15) is 33.3 Å². The van der Waals surface area contributed by atoms with Crippen molar-refractivity contribution in [1.29, 1.82) is 0 Å². The van der Waals surface area contributed by atoms with Gasteiger partial charge in [0.15, 0.2) is 0 Å². The summed E-state index contributed by atoms with van der Waals surface area (Å²) in [6.07, 6.45) is 0.114. The molecule has 3 nitrogen and oxygen atoms in total. The van der Waals surface area contributed by atoms with Crippen molar-refractivity contribution in [2.24, 2.45) is 0 Å². The Hall–Kier alpha value is -1.51. The van der Waals surface area contributed by atoms with Crippen molar-refractivity contribution in [3.63, 3.8) is 0 Å². The van der Waals surface area contributed by atoms with Crippen molar-refractivity contribution in [2.45, 2.75) is 39.2 Å². The third kappa shape index (κ3) is 1.66. The number of fused-ring (bicyclic) bond motifs is 1. The Kier molecular flexibility index (Phi) is 2.41. The highest BCUT2D eigenvalue weighted by molar-refractivity contribution is 5.89. The molecule has 0 saturated heterocycles. The van der Waals surface area contributed by atoms with E-state index in [0.717, 1.165) is 11.3 Å². The van der Waals surface area contributed by atoms with E-state index in [4.69, 9.17) is 9.47 Å². The highest BCUT2D eigenvalue weighted by Crippen LogP contribution is 2.41. The lowest BCUT2D eigenvalue weighted by Crippen LogP contribution is -2.25. The van der Waals surface area contributed by atoms with Crippen molar-refractivity contribution < 1.29 is 14.3 Å². The van der Waals surface area contributed by atoms with E-state index < -0.39 is 5.41 Å². The lowest BCUT2D eigenvalue weighted by atomic mass is 9.86. The van der Waals surface area contributed by atoms with Crippen LogP contribution in [0.25, 0.3) is 0 Å². The SMILES string of the molecule is CC(C)Oc1ccc2c(c1)OC(=O)C2(C)C. The average Bonchev–Trinajstić information content (AvgIpc) is 2.36. The van der Waals surface area contributed by atoms with Crippen LogP contribution in [0.4, 0.5) is 0 Å². The van der Waals surface area contributed by atoms with Crippen LogP contribution in [0, 0.1) is 0 Å². The fraction of sp³-hybridized carbons (Fsp3) is 0.462. The molecule has 0 fully saturated rings. The minimum Gasteiger partial charge on any atom is -0.491 e. The molecule has 0 N–H and O–H groups in total. The molecule has 0 amide bonds. The number of carbonyl (C=O) groups is 1. The van der Waals surface area contributed by atoms with Gasteiger partial charge in [-0.15, -0.1) is 0 Å². The summed E-state index contributed by atoms with van der Waals surface area (Å²) in [5, 5.41) is 0. The lowest BCUT2D eigenvalue weighted by molar-refractivity contribution is -0.137. The molecular weight excluding hydrogens is 204 g/mol. The van der Waals surface area contributed by atoms with Gasteiger partial charge in [-0.2, -0.15) is 0 Å². The molecule has 1 heterocycles. The summed E-state index contributed by atoms with van der Waals surface area (Å²) in [6, 6.07) is 5.56. The number of hydrogen-bond acceptors (Lipinski definition) is 3. The second kappa shape index (κ2) is 3.51. The maximum atomic E-state index is 11.6. The minimum absolute atomic E-state index is 0.114. The largest absolute Gasteiger partial charge is 0.491 e. The number of rotatable bonds is 2. The highest BCUT2D eigenvalue weighted by atomic mass is 16.5. The first-order chi connectivity index (χ1) is 7.41. The molecule has 0 atom stereocenters. The summed E-state index contributed by atoms with van der Waals surface area (Å²) in [6.45, 7) is 7.65. The molecular formula is C13H16O3. The van der Waals surface area contributed by atoms with E-state index in [9.17, 15) is 4.79 Å². The highest BCUT2D eigenvalue weighted by Gasteiger charge is 2.41. The second-order valence-corrected chi connectivity index (χ2v) is 4.84. The van der Waals surface area contributed by atoms with Crippen LogP contribution >= 0.6 is 0 Å². The van der Waals surface area contributed by atoms with Gasteiger partial charge in [0.05, 0.1) is 11.5 Å². The van der Waals surface area contributed by atoms with E-state index >= 15 is 0 Å². The van der Waals surface area contributed by atoms with Crippen molar-refractivity contribution >= 4 is 5.97 Å². The van der Waals surface area contributed by atoms with Gasteiger partial charge in [0.2, 0.25) is 0 Å². The number of carbonyl (C=O) groups excluding carboxylic acids is 1. The molecule has 2 rings (SSSR count). The van der Waals surface area contributed by atoms with Crippen LogP contribution in [0.3, 0.4) is 0 Å². The van der Waals surface area contributed by atoms with E-state index in [1.165, 1.54) is 0 Å². The third-order valence-corrected chi connectivity index (χ3v) is 2.71. The average molecular weight is 220 g/mol. The quantitative estimate of drug-likeness (QED) is 0.567. The topological polar surface area (TPSA) is 35.5 Å². The molecule has 0 unspecified atom stereocenters. The smallest absolute Gasteiger partial charge is 0.321 e. The predicted octanol–water partition coefficient (Wildman–Crippen LogP) is 2.67. The predicted molar refractivity (Wildman–Crippen MR) is 60.9 cm³/mol. The standard InChI is InChI=1S/C13H16O3/c1-8(2)15-9-5-6-10-11(7-9)16-12(14)13(10,3)4/h5-8H,1-4H3. The fourth-order valence-electron chi connectivity index (χ4n) is 1.79. The molecule has 0 saturated carbocycles. The van der Waals surface area contributed by atoms with E-state index in [-0.39, 0.29) is 12.1 Å². The molecule has 0 aromatic heterocycles. The molecule has 1 aliphatic heterocycles. The Morgan fingerprint density at radius 2 is 2.00 bits per heavy atom.